The van der Waals surface area contributed by atoms with Crippen LogP contribution >= 0.6 is 24.0 Å². The van der Waals surface area contributed by atoms with Crippen molar-refractivity contribution in [3.8, 4) is 0 Å². The third kappa shape index (κ3) is 5.27. The van der Waals surface area contributed by atoms with E-state index in [2.05, 4.69) is 92.0 Å². The molecular formula is C38H30OS2. The number of furan rings is 1. The molecule has 0 aliphatic rings. The number of thiol groups is 1. The highest BCUT2D eigenvalue weighted by molar-refractivity contribution is 7.90. The topological polar surface area (TPSA) is 13.1 Å². The van der Waals surface area contributed by atoms with Crippen molar-refractivity contribution in [2.45, 2.75) is 13.3 Å². The van der Waals surface area contributed by atoms with Gasteiger partial charge in [0.1, 0.15) is 11.2 Å². The summed E-state index contributed by atoms with van der Waals surface area (Å²) < 4.78 is 9.29. The fourth-order valence-electron chi connectivity index (χ4n) is 5.26. The van der Waals surface area contributed by atoms with Crippen LogP contribution in [0.5, 0.6) is 0 Å². The Balaban J connectivity index is 1.36. The minimum absolute atomic E-state index is 0.797. The lowest BCUT2D eigenvalue weighted by Gasteiger charge is -2.06. The van der Waals surface area contributed by atoms with Crippen molar-refractivity contribution < 1.29 is 4.42 Å². The molecule has 2 aromatic heterocycles. The van der Waals surface area contributed by atoms with Gasteiger partial charge in [-0.05, 0) is 47.4 Å². The summed E-state index contributed by atoms with van der Waals surface area (Å²) in [7, 11) is 0. The molecule has 0 aliphatic carbocycles. The molecule has 0 saturated heterocycles. The molecule has 41 heavy (non-hydrogen) atoms. The maximum Gasteiger partial charge on any atom is 0.143 e. The standard InChI is InChI=1S/C38H30OS2/c1-4-5-6-13-25(2)26(3)14-9-21-33(40)31-20-12-19-30-29-18-10-16-28(37(29)39-38(30)31)24-27-15-11-23-35-36(27)32-17-7-8-22-34(32)41-35/h4-23,40H,2-3,24H2,1H3/b5-4-,13-6-,14-9-,33-21-. The van der Waals surface area contributed by atoms with E-state index in [1.807, 2.05) is 60.8 Å². The monoisotopic (exact) mass is 566 g/mol. The number of hydrogen-bond donors (Lipinski definition) is 1. The molecule has 0 unspecified atom stereocenters. The van der Waals surface area contributed by atoms with E-state index >= 15 is 0 Å². The van der Waals surface area contributed by atoms with Gasteiger partial charge in [-0.2, -0.15) is 0 Å². The third-order valence-electron chi connectivity index (χ3n) is 7.32. The van der Waals surface area contributed by atoms with Crippen LogP contribution in [0, 0.1) is 0 Å². The highest BCUT2D eigenvalue weighted by Gasteiger charge is 2.16. The molecule has 0 radical (unpaired) electrons. The largest absolute Gasteiger partial charge is 0.455 e. The highest BCUT2D eigenvalue weighted by atomic mass is 32.1. The fourth-order valence-corrected chi connectivity index (χ4v) is 6.68. The Bertz CT molecular complexity index is 2070. The average Bonchev–Trinajstić information content (AvgIpc) is 3.57. The zero-order chi connectivity index (χ0) is 28.3. The molecular weight excluding hydrogens is 537 g/mol. The van der Waals surface area contributed by atoms with Crippen molar-refractivity contribution >= 4 is 71.0 Å². The van der Waals surface area contributed by atoms with Crippen LogP contribution in [-0.2, 0) is 6.42 Å². The van der Waals surface area contributed by atoms with Gasteiger partial charge in [0.05, 0.1) is 0 Å². The van der Waals surface area contributed by atoms with Crippen molar-refractivity contribution in [1.29, 1.82) is 0 Å². The molecule has 6 rings (SSSR count). The number of allylic oxidation sites excluding steroid dienone is 9. The average molecular weight is 567 g/mol. The van der Waals surface area contributed by atoms with Gasteiger partial charge in [-0.1, -0.05) is 116 Å². The smallest absolute Gasteiger partial charge is 0.143 e. The molecule has 0 amide bonds. The lowest BCUT2D eigenvalue weighted by atomic mass is 9.98. The first-order valence-corrected chi connectivity index (χ1v) is 14.9. The van der Waals surface area contributed by atoms with E-state index in [0.717, 1.165) is 50.0 Å². The number of fused-ring (bicyclic) bond motifs is 6. The molecule has 0 fully saturated rings. The van der Waals surface area contributed by atoms with Crippen LogP contribution in [0.1, 0.15) is 23.6 Å². The molecule has 0 N–H and O–H groups in total. The fraction of sp³-hybridized carbons (Fsp3) is 0.0526. The maximum atomic E-state index is 6.65. The molecule has 4 aromatic carbocycles. The van der Waals surface area contributed by atoms with Gasteiger partial charge in [-0.25, -0.2) is 0 Å². The lowest BCUT2D eigenvalue weighted by Crippen LogP contribution is -1.89. The second-order valence-corrected chi connectivity index (χ2v) is 11.6. The summed E-state index contributed by atoms with van der Waals surface area (Å²) in [6, 6.07) is 28.0. The Labute approximate surface area is 250 Å². The van der Waals surface area contributed by atoms with Crippen molar-refractivity contribution in [3.63, 3.8) is 0 Å². The van der Waals surface area contributed by atoms with Crippen molar-refractivity contribution in [1.82, 2.24) is 0 Å². The van der Waals surface area contributed by atoms with Crippen LogP contribution in [0.15, 0.2) is 150 Å². The van der Waals surface area contributed by atoms with E-state index in [9.17, 15) is 0 Å². The van der Waals surface area contributed by atoms with E-state index < -0.39 is 0 Å². The molecule has 0 spiro atoms. The first-order chi connectivity index (χ1) is 20.0. The highest BCUT2D eigenvalue weighted by Crippen LogP contribution is 2.39. The number of benzene rings is 4. The first-order valence-electron chi connectivity index (χ1n) is 13.6. The van der Waals surface area contributed by atoms with E-state index in [-0.39, 0.29) is 0 Å². The van der Waals surface area contributed by atoms with E-state index in [1.165, 1.54) is 31.3 Å². The van der Waals surface area contributed by atoms with Gasteiger partial charge in [0.15, 0.2) is 0 Å². The molecule has 1 nitrogen and oxygen atoms in total. The van der Waals surface area contributed by atoms with Crippen LogP contribution in [0.25, 0.3) is 47.0 Å². The van der Waals surface area contributed by atoms with E-state index in [0.29, 0.717) is 0 Å². The van der Waals surface area contributed by atoms with Crippen molar-refractivity contribution in [2.24, 2.45) is 0 Å². The molecule has 6 aromatic rings. The van der Waals surface area contributed by atoms with Gasteiger partial charge in [0, 0.05) is 47.8 Å². The summed E-state index contributed by atoms with van der Waals surface area (Å²) in [4.78, 5) is 0.824. The number of para-hydroxylation sites is 2. The van der Waals surface area contributed by atoms with Gasteiger partial charge in [-0.3, -0.25) is 0 Å². The second-order valence-electron chi connectivity index (χ2n) is 9.99. The lowest BCUT2D eigenvalue weighted by molar-refractivity contribution is 0.663. The normalized spacial score (nSPS) is 12.8. The molecule has 200 valence electrons. The van der Waals surface area contributed by atoms with E-state index in [4.69, 9.17) is 17.0 Å². The van der Waals surface area contributed by atoms with Crippen LogP contribution < -0.4 is 0 Å². The van der Waals surface area contributed by atoms with Crippen molar-refractivity contribution in [2.75, 3.05) is 0 Å². The summed E-state index contributed by atoms with van der Waals surface area (Å²) in [5.41, 5.74) is 6.95. The summed E-state index contributed by atoms with van der Waals surface area (Å²) in [6.45, 7) is 10.2. The Morgan fingerprint density at radius 1 is 0.732 bits per heavy atom. The van der Waals surface area contributed by atoms with Crippen molar-refractivity contribution in [3.05, 3.63) is 162 Å². The second kappa shape index (κ2) is 11.7. The predicted octanol–water partition coefficient (Wildman–Crippen LogP) is 11.6. The van der Waals surface area contributed by atoms with Crippen LogP contribution in [0.2, 0.25) is 0 Å². The Kier molecular flexibility index (Phi) is 7.65. The van der Waals surface area contributed by atoms with Crippen LogP contribution in [0.4, 0.5) is 0 Å². The summed E-state index contributed by atoms with van der Waals surface area (Å²) in [5.74, 6) is 0. The third-order valence-corrected chi connectivity index (χ3v) is 8.84. The Morgan fingerprint density at radius 3 is 2.22 bits per heavy atom. The Morgan fingerprint density at radius 2 is 1.39 bits per heavy atom. The number of thiophene rings is 1. The molecule has 2 heterocycles. The molecule has 0 atom stereocenters. The van der Waals surface area contributed by atoms with Crippen LogP contribution in [0.3, 0.4) is 0 Å². The van der Waals surface area contributed by atoms with Gasteiger partial charge in [-0.15, -0.1) is 24.0 Å². The van der Waals surface area contributed by atoms with Gasteiger partial charge in [0.25, 0.3) is 0 Å². The quantitative estimate of drug-likeness (QED) is 0.143. The van der Waals surface area contributed by atoms with Gasteiger partial charge < -0.3 is 4.42 Å². The van der Waals surface area contributed by atoms with Gasteiger partial charge >= 0.3 is 0 Å². The maximum absolute atomic E-state index is 6.65. The Hall–Kier alpha value is -4.31. The molecule has 0 saturated carbocycles. The van der Waals surface area contributed by atoms with Crippen LogP contribution in [-0.4, -0.2) is 0 Å². The molecule has 0 bridgehead atoms. The summed E-state index contributed by atoms with van der Waals surface area (Å²) in [6.07, 6.45) is 14.5. The minimum atomic E-state index is 0.797. The summed E-state index contributed by atoms with van der Waals surface area (Å²) >= 11 is 6.70. The molecule has 0 aliphatic heterocycles. The van der Waals surface area contributed by atoms with Gasteiger partial charge in [0.2, 0.25) is 0 Å². The van der Waals surface area contributed by atoms with E-state index in [1.54, 1.807) is 0 Å². The first kappa shape index (κ1) is 26.9. The zero-order valence-electron chi connectivity index (χ0n) is 22.9. The zero-order valence-corrected chi connectivity index (χ0v) is 24.6. The molecule has 3 heteroatoms. The summed E-state index contributed by atoms with van der Waals surface area (Å²) in [5, 5.41) is 4.88. The predicted molar refractivity (Wildman–Crippen MR) is 184 cm³/mol. The number of hydrogen-bond acceptors (Lipinski definition) is 3. The number of rotatable bonds is 8. The SMILES string of the molecule is C=C(/C=C\C=C/C)C(=C)/C=C\C=C(/S)c1cccc2c1oc1c(Cc3cccc4sc5ccccc5c34)cccc12. The minimum Gasteiger partial charge on any atom is -0.455 e.